The van der Waals surface area contributed by atoms with Crippen LogP contribution in [-0.2, 0) is 11.8 Å². The van der Waals surface area contributed by atoms with Crippen molar-refractivity contribution < 1.29 is 5.11 Å². The quantitative estimate of drug-likeness (QED) is 0.747. The number of phenolic OH excluding ortho intramolecular Hbond substituents is 1. The van der Waals surface area contributed by atoms with E-state index in [1.807, 2.05) is 6.08 Å². The van der Waals surface area contributed by atoms with Gasteiger partial charge in [0, 0.05) is 0 Å². The average Bonchev–Trinajstić information content (AvgIpc) is 2.29. The van der Waals surface area contributed by atoms with Gasteiger partial charge in [-0.05, 0) is 40.9 Å². The van der Waals surface area contributed by atoms with Gasteiger partial charge >= 0.3 is 0 Å². The third-order valence-electron chi connectivity index (χ3n) is 3.56. The monoisotopic (exact) mass is 246 g/mol. The van der Waals surface area contributed by atoms with E-state index in [2.05, 4.69) is 53.3 Å². The van der Waals surface area contributed by atoms with Crippen molar-refractivity contribution in [2.24, 2.45) is 0 Å². The van der Waals surface area contributed by atoms with E-state index in [0.29, 0.717) is 11.7 Å². The van der Waals surface area contributed by atoms with Crippen molar-refractivity contribution in [2.75, 3.05) is 0 Å². The number of rotatable bonds is 4. The number of aromatic hydroxyl groups is 1. The van der Waals surface area contributed by atoms with Crippen LogP contribution >= 0.6 is 0 Å². The van der Waals surface area contributed by atoms with E-state index < -0.39 is 0 Å². The second kappa shape index (κ2) is 5.60. The summed E-state index contributed by atoms with van der Waals surface area (Å²) in [5.41, 5.74) is 3.31. The molecule has 0 saturated heterocycles. The lowest BCUT2D eigenvalue weighted by Crippen LogP contribution is -2.13. The van der Waals surface area contributed by atoms with Gasteiger partial charge in [-0.25, -0.2) is 0 Å². The van der Waals surface area contributed by atoms with E-state index in [1.165, 1.54) is 5.56 Å². The molecule has 1 nitrogen and oxygen atoms in total. The summed E-state index contributed by atoms with van der Waals surface area (Å²) in [7, 11) is 0. The van der Waals surface area contributed by atoms with Crippen LogP contribution in [0.2, 0.25) is 0 Å². The Morgan fingerprint density at radius 2 is 1.94 bits per heavy atom. The zero-order chi connectivity index (χ0) is 13.9. The van der Waals surface area contributed by atoms with Crippen LogP contribution in [0.4, 0.5) is 0 Å². The van der Waals surface area contributed by atoms with Crippen LogP contribution in [0, 0.1) is 0 Å². The molecule has 0 aliphatic heterocycles. The highest BCUT2D eigenvalue weighted by atomic mass is 16.3. The Balaban J connectivity index is 3.41. The first-order valence-corrected chi connectivity index (χ1v) is 6.78. The first-order valence-electron chi connectivity index (χ1n) is 6.78. The summed E-state index contributed by atoms with van der Waals surface area (Å²) in [6, 6.07) is 4.29. The van der Waals surface area contributed by atoms with Gasteiger partial charge in [-0.15, -0.1) is 6.58 Å². The van der Waals surface area contributed by atoms with E-state index >= 15 is 0 Å². The summed E-state index contributed by atoms with van der Waals surface area (Å²) in [5, 5.41) is 10.4. The van der Waals surface area contributed by atoms with Gasteiger partial charge < -0.3 is 5.11 Å². The summed E-state index contributed by atoms with van der Waals surface area (Å²) >= 11 is 0. The van der Waals surface area contributed by atoms with Gasteiger partial charge in [0.05, 0.1) is 0 Å². The smallest absolute Gasteiger partial charge is 0.122 e. The zero-order valence-electron chi connectivity index (χ0n) is 12.4. The Labute approximate surface area is 112 Å². The minimum atomic E-state index is -0.0382. The number of hydrogen-bond donors (Lipinski definition) is 1. The first kappa shape index (κ1) is 14.8. The first-order chi connectivity index (χ1) is 8.31. The van der Waals surface area contributed by atoms with E-state index in [0.717, 1.165) is 24.0 Å². The zero-order valence-corrected chi connectivity index (χ0v) is 12.4. The van der Waals surface area contributed by atoms with E-state index in [9.17, 15) is 5.11 Å². The van der Waals surface area contributed by atoms with Gasteiger partial charge in [0.15, 0.2) is 0 Å². The molecule has 1 aromatic carbocycles. The Morgan fingerprint density at radius 3 is 2.39 bits per heavy atom. The molecule has 0 radical (unpaired) electrons. The summed E-state index contributed by atoms with van der Waals surface area (Å²) in [5.74, 6) is 0.963. The van der Waals surface area contributed by atoms with Crippen molar-refractivity contribution in [1.82, 2.24) is 0 Å². The van der Waals surface area contributed by atoms with Gasteiger partial charge in [-0.1, -0.05) is 52.8 Å². The maximum absolute atomic E-state index is 10.4. The van der Waals surface area contributed by atoms with Gasteiger partial charge in [-0.3, -0.25) is 0 Å². The fourth-order valence-electron chi connectivity index (χ4n) is 2.12. The second-order valence-electron chi connectivity index (χ2n) is 6.13. The molecule has 0 saturated carbocycles. The molecule has 1 heteroatoms. The van der Waals surface area contributed by atoms with E-state index in [-0.39, 0.29) is 5.41 Å². The molecule has 1 unspecified atom stereocenters. The highest BCUT2D eigenvalue weighted by Gasteiger charge is 2.21. The van der Waals surface area contributed by atoms with Gasteiger partial charge in [0.1, 0.15) is 5.75 Å². The maximum Gasteiger partial charge on any atom is 0.122 e. The van der Waals surface area contributed by atoms with Crippen molar-refractivity contribution in [3.8, 4) is 5.75 Å². The largest absolute Gasteiger partial charge is 0.507 e. The summed E-state index contributed by atoms with van der Waals surface area (Å²) in [4.78, 5) is 0. The highest BCUT2D eigenvalue weighted by Crippen LogP contribution is 2.37. The standard InChI is InChI=1S/C17H26O/c1-7-9-13-10-14(12(3)8-2)11-15(16(13)18)17(4,5)6/h7,10-12,18H,1,8-9H2,2-6H3. The Morgan fingerprint density at radius 1 is 1.33 bits per heavy atom. The summed E-state index contributed by atoms with van der Waals surface area (Å²) in [6.07, 6.45) is 3.68. The predicted octanol–water partition coefficient (Wildman–Crippen LogP) is 4.93. The Hall–Kier alpha value is -1.24. The van der Waals surface area contributed by atoms with Crippen molar-refractivity contribution in [3.63, 3.8) is 0 Å². The summed E-state index contributed by atoms with van der Waals surface area (Å²) in [6.45, 7) is 14.6. The molecule has 0 aliphatic carbocycles. The molecule has 1 N–H and O–H groups in total. The molecule has 1 aromatic rings. The number of hydrogen-bond acceptors (Lipinski definition) is 1. The van der Waals surface area contributed by atoms with Crippen LogP contribution in [0.25, 0.3) is 0 Å². The number of phenols is 1. The van der Waals surface area contributed by atoms with Crippen LogP contribution in [0.3, 0.4) is 0 Å². The van der Waals surface area contributed by atoms with Crippen LogP contribution < -0.4 is 0 Å². The molecule has 0 spiro atoms. The fraction of sp³-hybridized carbons (Fsp3) is 0.529. The average molecular weight is 246 g/mol. The maximum atomic E-state index is 10.4. The SMILES string of the molecule is C=CCc1cc(C(C)CC)cc(C(C)(C)C)c1O. The molecule has 0 bridgehead atoms. The molecule has 0 fully saturated rings. The third kappa shape index (κ3) is 3.16. The van der Waals surface area contributed by atoms with E-state index in [4.69, 9.17) is 0 Å². The summed E-state index contributed by atoms with van der Waals surface area (Å²) < 4.78 is 0. The molecular weight excluding hydrogens is 220 g/mol. The van der Waals surface area contributed by atoms with Gasteiger partial charge in [-0.2, -0.15) is 0 Å². The molecule has 0 aromatic heterocycles. The van der Waals surface area contributed by atoms with Crippen molar-refractivity contribution in [2.45, 2.75) is 58.8 Å². The molecule has 0 amide bonds. The normalized spacial score (nSPS) is 13.4. The highest BCUT2D eigenvalue weighted by molar-refractivity contribution is 5.48. The number of allylic oxidation sites excluding steroid dienone is 1. The van der Waals surface area contributed by atoms with E-state index in [1.54, 1.807) is 0 Å². The van der Waals surface area contributed by atoms with Gasteiger partial charge in [0.25, 0.3) is 0 Å². The topological polar surface area (TPSA) is 20.2 Å². The van der Waals surface area contributed by atoms with Crippen LogP contribution in [-0.4, -0.2) is 5.11 Å². The minimum Gasteiger partial charge on any atom is -0.507 e. The van der Waals surface area contributed by atoms with Crippen molar-refractivity contribution in [3.05, 3.63) is 41.5 Å². The molecule has 0 heterocycles. The lowest BCUT2D eigenvalue weighted by molar-refractivity contribution is 0.440. The van der Waals surface area contributed by atoms with Crippen molar-refractivity contribution >= 4 is 0 Å². The van der Waals surface area contributed by atoms with Crippen LogP contribution in [0.1, 0.15) is 63.6 Å². The Kier molecular flexibility index (Phi) is 4.61. The lowest BCUT2D eigenvalue weighted by Gasteiger charge is -2.24. The van der Waals surface area contributed by atoms with Crippen LogP contribution in [0.15, 0.2) is 24.8 Å². The molecule has 18 heavy (non-hydrogen) atoms. The van der Waals surface area contributed by atoms with Crippen LogP contribution in [0.5, 0.6) is 5.75 Å². The predicted molar refractivity (Wildman–Crippen MR) is 79.4 cm³/mol. The molecule has 0 aliphatic rings. The molecule has 1 atom stereocenters. The van der Waals surface area contributed by atoms with Gasteiger partial charge in [0.2, 0.25) is 0 Å². The molecular formula is C17H26O. The third-order valence-corrected chi connectivity index (χ3v) is 3.56. The minimum absolute atomic E-state index is 0.0382. The van der Waals surface area contributed by atoms with Crippen molar-refractivity contribution in [1.29, 1.82) is 0 Å². The number of benzene rings is 1. The Bertz CT molecular complexity index is 424. The fourth-order valence-corrected chi connectivity index (χ4v) is 2.12. The lowest BCUT2D eigenvalue weighted by atomic mass is 9.81. The second-order valence-corrected chi connectivity index (χ2v) is 6.13. The molecule has 1 rings (SSSR count). The molecule has 100 valence electrons.